The summed E-state index contributed by atoms with van der Waals surface area (Å²) in [6, 6.07) is 14.9. The standard InChI is InChI=1S/C20H22N2O3/c1-4-22(5-2)20(23)17-12-19(18(24-3)11-16(17)13-21)25-14-15-9-7-6-8-10-15/h6-12H,4-5,14H2,1-3H3. The summed E-state index contributed by atoms with van der Waals surface area (Å²) in [5, 5.41) is 9.40. The molecule has 0 atom stereocenters. The first-order valence-corrected chi connectivity index (χ1v) is 8.22. The van der Waals surface area contributed by atoms with E-state index in [9.17, 15) is 10.1 Å². The Morgan fingerprint density at radius 2 is 1.80 bits per heavy atom. The predicted octanol–water partition coefficient (Wildman–Crippen LogP) is 3.63. The molecule has 0 N–H and O–H groups in total. The van der Waals surface area contributed by atoms with Crippen LogP contribution >= 0.6 is 0 Å². The van der Waals surface area contributed by atoms with Gasteiger partial charge in [-0.15, -0.1) is 0 Å². The van der Waals surface area contributed by atoms with Crippen LogP contribution in [0.3, 0.4) is 0 Å². The Hall–Kier alpha value is -3.00. The van der Waals surface area contributed by atoms with Gasteiger partial charge in [0, 0.05) is 19.2 Å². The number of rotatable bonds is 7. The number of hydrogen-bond donors (Lipinski definition) is 0. The van der Waals surface area contributed by atoms with E-state index in [0.717, 1.165) is 5.56 Å². The van der Waals surface area contributed by atoms with Crippen molar-refractivity contribution in [3.63, 3.8) is 0 Å². The van der Waals surface area contributed by atoms with Crippen molar-refractivity contribution in [1.29, 1.82) is 5.26 Å². The minimum Gasteiger partial charge on any atom is -0.493 e. The van der Waals surface area contributed by atoms with Gasteiger partial charge in [0.1, 0.15) is 12.7 Å². The highest BCUT2D eigenvalue weighted by molar-refractivity contribution is 5.97. The summed E-state index contributed by atoms with van der Waals surface area (Å²) in [7, 11) is 1.51. The molecule has 0 aliphatic heterocycles. The van der Waals surface area contributed by atoms with Crippen molar-refractivity contribution in [3.05, 3.63) is 59.2 Å². The number of nitriles is 1. The Labute approximate surface area is 148 Å². The van der Waals surface area contributed by atoms with Crippen molar-refractivity contribution in [2.45, 2.75) is 20.5 Å². The van der Waals surface area contributed by atoms with E-state index in [1.54, 1.807) is 17.0 Å². The summed E-state index contributed by atoms with van der Waals surface area (Å²) >= 11 is 0. The number of ether oxygens (including phenoxy) is 2. The van der Waals surface area contributed by atoms with Crippen LogP contribution in [0.4, 0.5) is 0 Å². The largest absolute Gasteiger partial charge is 0.493 e. The second-order valence-corrected chi connectivity index (χ2v) is 5.41. The molecule has 25 heavy (non-hydrogen) atoms. The number of nitrogens with zero attached hydrogens (tertiary/aromatic N) is 2. The number of methoxy groups -OCH3 is 1. The topological polar surface area (TPSA) is 62.6 Å². The highest BCUT2D eigenvalue weighted by Crippen LogP contribution is 2.32. The molecule has 2 rings (SSSR count). The maximum absolute atomic E-state index is 12.7. The summed E-state index contributed by atoms with van der Waals surface area (Å²) < 4.78 is 11.2. The van der Waals surface area contributed by atoms with E-state index in [1.807, 2.05) is 44.2 Å². The quantitative estimate of drug-likeness (QED) is 0.773. The first kappa shape index (κ1) is 18.3. The van der Waals surface area contributed by atoms with E-state index in [-0.39, 0.29) is 11.5 Å². The third-order valence-electron chi connectivity index (χ3n) is 3.94. The summed E-state index contributed by atoms with van der Waals surface area (Å²) in [6.07, 6.45) is 0. The average molecular weight is 338 g/mol. The molecule has 0 aliphatic rings. The second-order valence-electron chi connectivity index (χ2n) is 5.41. The summed E-state index contributed by atoms with van der Waals surface area (Å²) in [4.78, 5) is 14.4. The molecule has 0 fully saturated rings. The molecule has 0 saturated heterocycles. The van der Waals surface area contributed by atoms with Crippen molar-refractivity contribution in [3.8, 4) is 17.6 Å². The van der Waals surface area contributed by atoms with Crippen LogP contribution in [0.25, 0.3) is 0 Å². The average Bonchev–Trinajstić information content (AvgIpc) is 2.67. The van der Waals surface area contributed by atoms with Crippen LogP contribution in [0.15, 0.2) is 42.5 Å². The molecular weight excluding hydrogens is 316 g/mol. The second kappa shape index (κ2) is 8.74. The fraction of sp³-hybridized carbons (Fsp3) is 0.300. The molecule has 130 valence electrons. The molecule has 0 aromatic heterocycles. The number of carbonyl (C=O) groups excluding carboxylic acids is 1. The zero-order valence-electron chi connectivity index (χ0n) is 14.8. The first-order valence-electron chi connectivity index (χ1n) is 8.22. The molecule has 2 aromatic rings. The fourth-order valence-electron chi connectivity index (χ4n) is 2.52. The summed E-state index contributed by atoms with van der Waals surface area (Å²) in [5.74, 6) is 0.693. The zero-order valence-corrected chi connectivity index (χ0v) is 14.8. The lowest BCUT2D eigenvalue weighted by atomic mass is 10.1. The lowest BCUT2D eigenvalue weighted by Gasteiger charge is -2.20. The van der Waals surface area contributed by atoms with Crippen molar-refractivity contribution in [2.24, 2.45) is 0 Å². The summed E-state index contributed by atoms with van der Waals surface area (Å²) in [6.45, 7) is 5.31. The molecule has 1 amide bonds. The molecule has 5 nitrogen and oxygen atoms in total. The lowest BCUT2D eigenvalue weighted by molar-refractivity contribution is 0.0772. The maximum atomic E-state index is 12.7. The molecule has 0 heterocycles. The van der Waals surface area contributed by atoms with E-state index in [2.05, 4.69) is 6.07 Å². The van der Waals surface area contributed by atoms with E-state index in [0.29, 0.717) is 36.8 Å². The van der Waals surface area contributed by atoms with Crippen LogP contribution in [0.1, 0.15) is 35.3 Å². The van der Waals surface area contributed by atoms with Crippen LogP contribution in [0.2, 0.25) is 0 Å². The molecule has 0 saturated carbocycles. The monoisotopic (exact) mass is 338 g/mol. The van der Waals surface area contributed by atoms with Gasteiger partial charge in [-0.3, -0.25) is 4.79 Å². The van der Waals surface area contributed by atoms with Crippen LogP contribution < -0.4 is 9.47 Å². The van der Waals surface area contributed by atoms with Gasteiger partial charge in [-0.05, 0) is 25.5 Å². The van der Waals surface area contributed by atoms with Gasteiger partial charge in [-0.1, -0.05) is 30.3 Å². The van der Waals surface area contributed by atoms with E-state index in [1.165, 1.54) is 7.11 Å². The highest BCUT2D eigenvalue weighted by atomic mass is 16.5. The zero-order chi connectivity index (χ0) is 18.2. The Morgan fingerprint density at radius 3 is 2.36 bits per heavy atom. The minimum absolute atomic E-state index is 0.186. The van der Waals surface area contributed by atoms with Gasteiger partial charge in [-0.25, -0.2) is 0 Å². The molecular formula is C20H22N2O3. The van der Waals surface area contributed by atoms with Gasteiger partial charge < -0.3 is 14.4 Å². The van der Waals surface area contributed by atoms with E-state index in [4.69, 9.17) is 9.47 Å². The maximum Gasteiger partial charge on any atom is 0.255 e. The Bertz CT molecular complexity index is 763. The van der Waals surface area contributed by atoms with Crippen molar-refractivity contribution in [2.75, 3.05) is 20.2 Å². The molecule has 5 heteroatoms. The third-order valence-corrected chi connectivity index (χ3v) is 3.94. The number of carbonyl (C=O) groups is 1. The molecule has 0 aliphatic carbocycles. The van der Waals surface area contributed by atoms with Crippen molar-refractivity contribution in [1.82, 2.24) is 4.90 Å². The minimum atomic E-state index is -0.186. The van der Waals surface area contributed by atoms with Crippen LogP contribution in [-0.4, -0.2) is 31.0 Å². The van der Waals surface area contributed by atoms with E-state index < -0.39 is 0 Å². The Balaban J connectivity index is 2.37. The fourth-order valence-corrected chi connectivity index (χ4v) is 2.52. The number of amides is 1. The third kappa shape index (κ3) is 4.30. The highest BCUT2D eigenvalue weighted by Gasteiger charge is 2.20. The first-order chi connectivity index (χ1) is 12.1. The van der Waals surface area contributed by atoms with Crippen molar-refractivity contribution < 1.29 is 14.3 Å². The predicted molar refractivity (Wildman–Crippen MR) is 95.7 cm³/mol. The smallest absolute Gasteiger partial charge is 0.255 e. The molecule has 0 bridgehead atoms. The molecule has 2 aromatic carbocycles. The van der Waals surface area contributed by atoms with Gasteiger partial charge in [0.2, 0.25) is 0 Å². The normalized spacial score (nSPS) is 10.0. The van der Waals surface area contributed by atoms with Gasteiger partial charge >= 0.3 is 0 Å². The van der Waals surface area contributed by atoms with Gasteiger partial charge in [0.15, 0.2) is 11.5 Å². The summed E-state index contributed by atoms with van der Waals surface area (Å²) in [5.41, 5.74) is 1.61. The molecule has 0 spiro atoms. The van der Waals surface area contributed by atoms with Gasteiger partial charge in [-0.2, -0.15) is 5.26 Å². The number of benzene rings is 2. The molecule has 0 radical (unpaired) electrons. The SMILES string of the molecule is CCN(CC)C(=O)c1cc(OCc2ccccc2)c(OC)cc1C#N. The lowest BCUT2D eigenvalue weighted by Crippen LogP contribution is -2.31. The Morgan fingerprint density at radius 1 is 1.12 bits per heavy atom. The number of hydrogen-bond acceptors (Lipinski definition) is 4. The van der Waals surface area contributed by atoms with Crippen LogP contribution in [0, 0.1) is 11.3 Å². The van der Waals surface area contributed by atoms with Crippen molar-refractivity contribution >= 4 is 5.91 Å². The Kier molecular flexibility index (Phi) is 6.41. The van der Waals surface area contributed by atoms with Gasteiger partial charge in [0.25, 0.3) is 5.91 Å². The van der Waals surface area contributed by atoms with Crippen LogP contribution in [-0.2, 0) is 6.61 Å². The van der Waals surface area contributed by atoms with Crippen LogP contribution in [0.5, 0.6) is 11.5 Å². The van der Waals surface area contributed by atoms with E-state index >= 15 is 0 Å². The molecule has 0 unspecified atom stereocenters. The van der Waals surface area contributed by atoms with Gasteiger partial charge in [0.05, 0.1) is 18.2 Å².